The molecule has 0 atom stereocenters. The average Bonchev–Trinajstić information content (AvgIpc) is 2.56. The Morgan fingerprint density at radius 1 is 1.17 bits per heavy atom. The van der Waals surface area contributed by atoms with E-state index in [-0.39, 0.29) is 5.39 Å². The predicted octanol–water partition coefficient (Wildman–Crippen LogP) is 2.79. The summed E-state index contributed by atoms with van der Waals surface area (Å²) in [4.78, 5) is 18.8. The molecule has 1 heterocycles. The lowest BCUT2D eigenvalue weighted by molar-refractivity contribution is 0.629. The molecule has 3 aromatic rings. The predicted molar refractivity (Wildman–Crippen MR) is 94.5 cm³/mol. The fourth-order valence-electron chi connectivity index (χ4n) is 2.38. The van der Waals surface area contributed by atoms with Crippen LogP contribution in [-0.2, 0) is 0 Å². The number of aryl methyl sites for hydroxylation is 1. The van der Waals surface area contributed by atoms with Gasteiger partial charge in [0.15, 0.2) is 0 Å². The van der Waals surface area contributed by atoms with Crippen molar-refractivity contribution in [2.75, 3.05) is 19.0 Å². The highest BCUT2D eigenvalue weighted by atomic mass is 19.1. The van der Waals surface area contributed by atoms with Gasteiger partial charge in [-0.25, -0.2) is 9.37 Å². The lowest BCUT2D eigenvalue weighted by atomic mass is 10.2. The largest absolute Gasteiger partial charge is 0.378 e. The van der Waals surface area contributed by atoms with Gasteiger partial charge in [0, 0.05) is 19.8 Å². The highest BCUT2D eigenvalue weighted by molar-refractivity contribution is 5.81. The fourth-order valence-corrected chi connectivity index (χ4v) is 2.38. The minimum Gasteiger partial charge on any atom is -0.378 e. The van der Waals surface area contributed by atoms with Crippen LogP contribution >= 0.6 is 0 Å². The molecule has 0 fully saturated rings. The second kappa shape index (κ2) is 6.23. The van der Waals surface area contributed by atoms with Crippen LogP contribution in [0.15, 0.2) is 52.4 Å². The first-order valence-electron chi connectivity index (χ1n) is 7.46. The molecule has 3 rings (SSSR count). The van der Waals surface area contributed by atoms with Gasteiger partial charge >= 0.3 is 0 Å². The second-order valence-corrected chi connectivity index (χ2v) is 5.67. The Kier molecular flexibility index (Phi) is 4.12. The number of hydrogen-bond donors (Lipinski definition) is 0. The van der Waals surface area contributed by atoms with Gasteiger partial charge in [0.1, 0.15) is 11.6 Å². The van der Waals surface area contributed by atoms with E-state index in [1.165, 1.54) is 22.9 Å². The monoisotopic (exact) mass is 324 g/mol. The van der Waals surface area contributed by atoms with Crippen molar-refractivity contribution in [3.05, 3.63) is 70.0 Å². The zero-order valence-corrected chi connectivity index (χ0v) is 13.7. The SMILES string of the molecule is Cc1nc2ccc(F)cc2c(=O)n1N=Cc1ccc(N(C)C)cc1. The molecule has 0 unspecified atom stereocenters. The highest BCUT2D eigenvalue weighted by Crippen LogP contribution is 2.12. The maximum Gasteiger partial charge on any atom is 0.282 e. The van der Waals surface area contributed by atoms with Crippen molar-refractivity contribution in [2.24, 2.45) is 5.10 Å². The van der Waals surface area contributed by atoms with E-state index in [2.05, 4.69) is 10.1 Å². The smallest absolute Gasteiger partial charge is 0.282 e. The molecule has 0 amide bonds. The third-order valence-corrected chi connectivity index (χ3v) is 3.70. The van der Waals surface area contributed by atoms with Gasteiger partial charge in [-0.05, 0) is 42.8 Å². The van der Waals surface area contributed by atoms with Crippen molar-refractivity contribution in [1.29, 1.82) is 0 Å². The van der Waals surface area contributed by atoms with Crippen LogP contribution in [0.1, 0.15) is 11.4 Å². The van der Waals surface area contributed by atoms with Crippen molar-refractivity contribution < 1.29 is 4.39 Å². The van der Waals surface area contributed by atoms with Crippen LogP contribution in [-0.4, -0.2) is 30.0 Å². The maximum absolute atomic E-state index is 13.4. The van der Waals surface area contributed by atoms with Crippen LogP contribution in [0.25, 0.3) is 10.9 Å². The van der Waals surface area contributed by atoms with E-state index in [0.29, 0.717) is 11.3 Å². The molecule has 122 valence electrons. The molecule has 0 saturated heterocycles. The van der Waals surface area contributed by atoms with Gasteiger partial charge in [-0.2, -0.15) is 9.78 Å². The van der Waals surface area contributed by atoms with Gasteiger partial charge in [0.05, 0.1) is 17.1 Å². The second-order valence-electron chi connectivity index (χ2n) is 5.67. The average molecular weight is 324 g/mol. The molecule has 0 spiro atoms. The van der Waals surface area contributed by atoms with Gasteiger partial charge < -0.3 is 4.90 Å². The molecule has 24 heavy (non-hydrogen) atoms. The van der Waals surface area contributed by atoms with Crippen molar-refractivity contribution in [3.8, 4) is 0 Å². The van der Waals surface area contributed by atoms with E-state index >= 15 is 0 Å². The Balaban J connectivity index is 2.01. The Labute approximate surface area is 138 Å². The minimum atomic E-state index is -0.472. The summed E-state index contributed by atoms with van der Waals surface area (Å²) in [5, 5.41) is 4.42. The first-order chi connectivity index (χ1) is 11.5. The van der Waals surface area contributed by atoms with E-state index in [0.717, 1.165) is 11.3 Å². The van der Waals surface area contributed by atoms with Crippen LogP contribution in [0.5, 0.6) is 0 Å². The summed E-state index contributed by atoms with van der Waals surface area (Å²) >= 11 is 0. The third-order valence-electron chi connectivity index (χ3n) is 3.70. The van der Waals surface area contributed by atoms with E-state index in [9.17, 15) is 9.18 Å². The number of rotatable bonds is 3. The number of aromatic nitrogens is 2. The molecule has 0 saturated carbocycles. The molecule has 5 nitrogen and oxygen atoms in total. The summed E-state index contributed by atoms with van der Waals surface area (Å²) in [6, 6.07) is 11.7. The summed E-state index contributed by atoms with van der Waals surface area (Å²) in [5.41, 5.74) is 1.99. The van der Waals surface area contributed by atoms with Crippen LogP contribution < -0.4 is 10.5 Å². The van der Waals surface area contributed by atoms with Crippen molar-refractivity contribution in [1.82, 2.24) is 9.66 Å². The molecule has 0 aliphatic carbocycles. The van der Waals surface area contributed by atoms with Crippen molar-refractivity contribution in [2.45, 2.75) is 6.92 Å². The van der Waals surface area contributed by atoms with Crippen LogP contribution in [0, 0.1) is 12.7 Å². The van der Waals surface area contributed by atoms with Crippen molar-refractivity contribution >= 4 is 22.8 Å². The summed E-state index contributed by atoms with van der Waals surface area (Å²) in [6.45, 7) is 1.69. The fraction of sp³-hybridized carbons (Fsp3) is 0.167. The summed E-state index contributed by atoms with van der Waals surface area (Å²) in [7, 11) is 3.93. The van der Waals surface area contributed by atoms with Gasteiger partial charge in [-0.15, -0.1) is 0 Å². The number of nitrogens with zero attached hydrogens (tertiary/aromatic N) is 4. The molecular weight excluding hydrogens is 307 g/mol. The lowest BCUT2D eigenvalue weighted by Crippen LogP contribution is -2.20. The number of halogens is 1. The summed E-state index contributed by atoms with van der Waals surface area (Å²) < 4.78 is 14.6. The van der Waals surface area contributed by atoms with Crippen LogP contribution in [0.3, 0.4) is 0 Å². The molecule has 0 aliphatic rings. The zero-order chi connectivity index (χ0) is 17.3. The van der Waals surface area contributed by atoms with Gasteiger partial charge in [0.2, 0.25) is 0 Å². The summed E-state index contributed by atoms with van der Waals surface area (Å²) in [6.07, 6.45) is 1.58. The Bertz CT molecular complexity index is 975. The number of hydrogen-bond acceptors (Lipinski definition) is 4. The Morgan fingerprint density at radius 3 is 2.54 bits per heavy atom. The standard InChI is InChI=1S/C18H17FN4O/c1-12-21-17-9-6-14(19)10-16(17)18(24)23(12)20-11-13-4-7-15(8-5-13)22(2)3/h4-11H,1-3H3. The molecule has 0 N–H and O–H groups in total. The van der Waals surface area contributed by atoms with E-state index < -0.39 is 11.4 Å². The quantitative estimate of drug-likeness (QED) is 0.696. The number of benzene rings is 2. The Hall–Kier alpha value is -3.02. The van der Waals surface area contributed by atoms with Crippen LogP contribution in [0.2, 0.25) is 0 Å². The van der Waals surface area contributed by atoms with Gasteiger partial charge in [-0.1, -0.05) is 12.1 Å². The first kappa shape index (κ1) is 15.9. The normalized spacial score (nSPS) is 11.3. The lowest BCUT2D eigenvalue weighted by Gasteiger charge is -2.11. The first-order valence-corrected chi connectivity index (χ1v) is 7.46. The zero-order valence-electron chi connectivity index (χ0n) is 13.7. The highest BCUT2D eigenvalue weighted by Gasteiger charge is 2.08. The topological polar surface area (TPSA) is 50.5 Å². The van der Waals surface area contributed by atoms with E-state index in [4.69, 9.17) is 0 Å². The maximum atomic E-state index is 13.4. The third kappa shape index (κ3) is 3.03. The van der Waals surface area contributed by atoms with E-state index in [1.54, 1.807) is 13.1 Å². The molecule has 2 aromatic carbocycles. The van der Waals surface area contributed by atoms with Crippen molar-refractivity contribution in [3.63, 3.8) is 0 Å². The van der Waals surface area contributed by atoms with Gasteiger partial charge in [-0.3, -0.25) is 4.79 Å². The number of fused-ring (bicyclic) bond motifs is 1. The summed E-state index contributed by atoms with van der Waals surface area (Å²) in [5.74, 6) is -0.0275. The van der Waals surface area contributed by atoms with Gasteiger partial charge in [0.25, 0.3) is 5.56 Å². The van der Waals surface area contributed by atoms with Crippen LogP contribution in [0.4, 0.5) is 10.1 Å². The molecule has 0 bridgehead atoms. The number of anilines is 1. The molecule has 0 aliphatic heterocycles. The Morgan fingerprint density at radius 2 is 1.88 bits per heavy atom. The molecule has 6 heteroatoms. The molecule has 1 aromatic heterocycles. The minimum absolute atomic E-state index is 0.209. The molecular formula is C18H17FN4O. The molecule has 0 radical (unpaired) electrons. The van der Waals surface area contributed by atoms with E-state index in [1.807, 2.05) is 43.3 Å².